The third kappa shape index (κ3) is 10.4. The minimum Gasteiger partial charge on any atom is -0.543 e. The molecule has 42 heavy (non-hydrogen) atoms. The summed E-state index contributed by atoms with van der Waals surface area (Å²) in [5, 5.41) is 12.6. The molecule has 0 aliphatic heterocycles. The van der Waals surface area contributed by atoms with Gasteiger partial charge in [-0.3, -0.25) is 0 Å². The second-order valence-electron chi connectivity index (χ2n) is 12.8. The largest absolute Gasteiger partial charge is 0.543 e. The van der Waals surface area contributed by atoms with Crippen LogP contribution in [0.4, 0.5) is 0 Å². The van der Waals surface area contributed by atoms with E-state index in [0.29, 0.717) is 5.75 Å². The average molecular weight is 615 g/mol. The van der Waals surface area contributed by atoms with Crippen LogP contribution >= 0.6 is 0 Å². The molecule has 0 saturated carbocycles. The molecule has 0 aliphatic rings. The third-order valence-electron chi connectivity index (χ3n) is 9.00. The summed E-state index contributed by atoms with van der Waals surface area (Å²) in [7, 11) is -4.35. The van der Waals surface area contributed by atoms with Crippen LogP contribution < -0.4 is 8.85 Å². The topological polar surface area (TPSA) is 55.8 Å². The zero-order chi connectivity index (χ0) is 31.0. The molecule has 6 heteroatoms. The molecule has 4 nitrogen and oxygen atoms in total. The number of hydrogen-bond acceptors (Lipinski definition) is 3. The Bertz CT molecular complexity index is 1040. The van der Waals surface area contributed by atoms with Crippen LogP contribution in [0.15, 0.2) is 24.3 Å². The molecule has 0 spiro atoms. The lowest BCUT2D eigenvalue weighted by atomic mass is 10.0. The molecule has 0 heterocycles. The first kappa shape index (κ1) is 36.4. The van der Waals surface area contributed by atoms with E-state index < -0.39 is 22.6 Å². The molecule has 0 atom stereocenters. The maximum Gasteiger partial charge on any atom is 0.339 e. The van der Waals surface area contributed by atoms with Gasteiger partial charge in [0.05, 0.1) is 0 Å². The highest BCUT2D eigenvalue weighted by Crippen LogP contribution is 2.43. The van der Waals surface area contributed by atoms with E-state index >= 15 is 0 Å². The highest BCUT2D eigenvalue weighted by molar-refractivity contribution is 6.75. The molecule has 238 valence electrons. The molecule has 0 bridgehead atoms. The van der Waals surface area contributed by atoms with Gasteiger partial charge in [-0.2, -0.15) is 0 Å². The van der Waals surface area contributed by atoms with Crippen LogP contribution in [0.3, 0.4) is 0 Å². The van der Waals surface area contributed by atoms with E-state index in [0.717, 1.165) is 116 Å². The van der Waals surface area contributed by atoms with Crippen molar-refractivity contribution in [2.45, 2.75) is 162 Å². The Labute approximate surface area is 260 Å². The van der Waals surface area contributed by atoms with Gasteiger partial charge >= 0.3 is 5.97 Å². The van der Waals surface area contributed by atoms with Crippen LogP contribution in [0.5, 0.6) is 11.5 Å². The van der Waals surface area contributed by atoms with Gasteiger partial charge in [0.1, 0.15) is 17.1 Å². The molecular weight excluding hydrogens is 553 g/mol. The van der Waals surface area contributed by atoms with Gasteiger partial charge in [0, 0.05) is 10.8 Å². The minimum atomic E-state index is -2.22. The van der Waals surface area contributed by atoms with Crippen molar-refractivity contribution in [2.75, 3.05) is 0 Å². The number of rotatable bonds is 23. The number of fused-ring (bicyclic) bond motifs is 1. The van der Waals surface area contributed by atoms with E-state index in [4.69, 9.17) is 8.85 Å². The third-order valence-corrected chi connectivity index (χ3v) is 17.9. The number of benzene rings is 2. The number of hydrogen-bond donors (Lipinski definition) is 1. The molecule has 0 radical (unpaired) electrons. The van der Waals surface area contributed by atoms with Crippen molar-refractivity contribution < 1.29 is 18.8 Å². The Morgan fingerprint density at radius 2 is 1.02 bits per heavy atom. The molecule has 0 aromatic heterocycles. The molecule has 2 rings (SSSR count). The van der Waals surface area contributed by atoms with Crippen LogP contribution in [0.25, 0.3) is 10.8 Å². The second-order valence-corrected chi connectivity index (χ2v) is 20.9. The second kappa shape index (κ2) is 18.8. The van der Waals surface area contributed by atoms with Crippen molar-refractivity contribution in [3.63, 3.8) is 0 Å². The van der Waals surface area contributed by atoms with Crippen molar-refractivity contribution in [3.05, 3.63) is 35.4 Å². The summed E-state index contributed by atoms with van der Waals surface area (Å²) in [6, 6.07) is 15.0. The van der Waals surface area contributed by atoms with Crippen LogP contribution in [0, 0.1) is 6.92 Å². The summed E-state index contributed by atoms with van der Waals surface area (Å²) >= 11 is 0. The molecule has 0 unspecified atom stereocenters. The fourth-order valence-electron chi connectivity index (χ4n) is 6.33. The number of carboxylic acids is 1. The number of aryl methyl sites for hydroxylation is 1. The van der Waals surface area contributed by atoms with Crippen molar-refractivity contribution >= 4 is 33.4 Å². The summed E-state index contributed by atoms with van der Waals surface area (Å²) in [6.45, 7) is 15.6. The molecule has 0 aliphatic carbocycles. The lowest BCUT2D eigenvalue weighted by Gasteiger charge is -2.35. The Morgan fingerprint density at radius 1 is 0.619 bits per heavy atom. The lowest BCUT2D eigenvalue weighted by molar-refractivity contribution is 0.0694. The van der Waals surface area contributed by atoms with E-state index in [-0.39, 0.29) is 5.56 Å². The highest BCUT2D eigenvalue weighted by Gasteiger charge is 2.39. The number of unbranched alkanes of at least 4 members (excludes halogenated alkanes) is 6. The molecule has 2 aromatic carbocycles. The Balaban J connectivity index is 2.80. The van der Waals surface area contributed by atoms with Gasteiger partial charge in [0.15, 0.2) is 0 Å². The average Bonchev–Trinajstić information content (AvgIpc) is 2.99. The molecule has 1 N–H and O–H groups in total. The fourth-order valence-corrected chi connectivity index (χ4v) is 15.7. The van der Waals surface area contributed by atoms with Gasteiger partial charge in [0.2, 0.25) is 0 Å². The first-order valence-corrected chi connectivity index (χ1v) is 22.5. The van der Waals surface area contributed by atoms with Crippen molar-refractivity contribution in [3.8, 4) is 11.5 Å². The van der Waals surface area contributed by atoms with E-state index in [1.54, 1.807) is 0 Å². The van der Waals surface area contributed by atoms with Crippen molar-refractivity contribution in [2.24, 2.45) is 0 Å². The maximum absolute atomic E-state index is 13.0. The maximum atomic E-state index is 13.0. The monoisotopic (exact) mass is 614 g/mol. The molecule has 0 amide bonds. The van der Waals surface area contributed by atoms with Gasteiger partial charge in [-0.25, -0.2) is 4.79 Å². The van der Waals surface area contributed by atoms with Crippen LogP contribution in [0.1, 0.15) is 135 Å². The van der Waals surface area contributed by atoms with Gasteiger partial charge in [-0.05, 0) is 55.3 Å². The lowest BCUT2D eigenvalue weighted by Crippen LogP contribution is -2.42. The first-order valence-electron chi connectivity index (χ1n) is 17.4. The predicted molar refractivity (Wildman–Crippen MR) is 187 cm³/mol. The van der Waals surface area contributed by atoms with Crippen molar-refractivity contribution in [1.82, 2.24) is 0 Å². The summed E-state index contributed by atoms with van der Waals surface area (Å²) in [5.41, 5.74) is 1.45. The summed E-state index contributed by atoms with van der Waals surface area (Å²) in [6.07, 6.45) is 13.8. The summed E-state index contributed by atoms with van der Waals surface area (Å²) in [5.74, 6) is 0.462. The van der Waals surface area contributed by atoms with Crippen LogP contribution in [-0.4, -0.2) is 27.7 Å². The zero-order valence-corrected chi connectivity index (χ0v) is 30.2. The van der Waals surface area contributed by atoms with Crippen LogP contribution in [0.2, 0.25) is 36.3 Å². The van der Waals surface area contributed by atoms with Gasteiger partial charge < -0.3 is 14.0 Å². The Kier molecular flexibility index (Phi) is 16.3. The zero-order valence-electron chi connectivity index (χ0n) is 28.2. The molecule has 0 fully saturated rings. The Morgan fingerprint density at radius 3 is 1.40 bits per heavy atom. The quantitative estimate of drug-likeness (QED) is 0.126. The van der Waals surface area contributed by atoms with E-state index in [9.17, 15) is 9.90 Å². The molecular formula is C36H62O4Si2. The smallest absolute Gasteiger partial charge is 0.339 e. The van der Waals surface area contributed by atoms with Crippen LogP contribution in [-0.2, 0) is 0 Å². The number of aromatic carboxylic acids is 1. The molecule has 2 aromatic rings. The normalized spacial score (nSPS) is 12.2. The number of carbonyl (C=O) groups is 1. The van der Waals surface area contributed by atoms with E-state index in [1.807, 2.05) is 6.07 Å². The van der Waals surface area contributed by atoms with E-state index in [2.05, 4.69) is 66.7 Å². The highest BCUT2D eigenvalue weighted by atomic mass is 28.4. The standard InChI is InChI=1S/C36H62O4Si2/c1-8-14-22-41(23-15-9-2,24-16-10-3)39-34-29-33(36(37)38)35(31-21-20-30(7)28-32(31)34)40-42(25-17-11-4,26-18-12-5)27-19-13-6/h20-21,28-29H,8-19,22-27H2,1-7H3,(H,37,38). The SMILES string of the molecule is CCCC[Si](CCCC)(CCCC)Oc1cc(C(=O)O)c(O[Si](CCCC)(CCCC)CCCC)c2ccc(C)cc12. The van der Waals surface area contributed by atoms with Crippen molar-refractivity contribution in [1.29, 1.82) is 0 Å². The van der Waals surface area contributed by atoms with Gasteiger partial charge in [-0.15, -0.1) is 0 Å². The minimum absolute atomic E-state index is 0.284. The number of carboxylic acid groups (broad SMARTS) is 1. The summed E-state index contributed by atoms with van der Waals surface area (Å²) < 4.78 is 14.5. The van der Waals surface area contributed by atoms with Gasteiger partial charge in [0.25, 0.3) is 16.6 Å². The summed E-state index contributed by atoms with van der Waals surface area (Å²) in [4.78, 5) is 13.0. The first-order chi connectivity index (χ1) is 20.2. The Hall–Kier alpha value is -1.80. The fraction of sp³-hybridized carbons (Fsp3) is 0.694. The molecule has 0 saturated heterocycles. The van der Waals surface area contributed by atoms with E-state index in [1.165, 1.54) is 19.3 Å². The predicted octanol–water partition coefficient (Wildman–Crippen LogP) is 12.3. The van der Waals surface area contributed by atoms with Gasteiger partial charge in [-0.1, -0.05) is 136 Å².